The number of carbonyl (C=O) groups excluding carboxylic acids is 2. The molecule has 0 heterocycles. The topological polar surface area (TPSA) is 89.8 Å². The van der Waals surface area contributed by atoms with Gasteiger partial charge in [0.2, 0.25) is 0 Å². The van der Waals surface area contributed by atoms with E-state index in [2.05, 4.69) is 0 Å². The first-order chi connectivity index (χ1) is 9.92. The number of carbonyl (C=O) groups is 2. The van der Waals surface area contributed by atoms with Crippen molar-refractivity contribution in [3.63, 3.8) is 0 Å². The molecule has 0 saturated heterocycles. The third kappa shape index (κ3) is 4.16. The number of ether oxygens (including phenoxy) is 1. The molecule has 8 heteroatoms. The van der Waals surface area contributed by atoms with E-state index in [9.17, 15) is 19.7 Å². The fourth-order valence-electron chi connectivity index (χ4n) is 1.72. The van der Waals surface area contributed by atoms with Gasteiger partial charge in [-0.05, 0) is 19.9 Å². The minimum atomic E-state index is -0.683. The molecule has 0 aliphatic rings. The van der Waals surface area contributed by atoms with Crippen LogP contribution in [0.15, 0.2) is 18.2 Å². The molecule has 7 nitrogen and oxygen atoms in total. The van der Waals surface area contributed by atoms with Gasteiger partial charge < -0.3 is 9.64 Å². The molecule has 0 aliphatic carbocycles. The van der Waals surface area contributed by atoms with Gasteiger partial charge in [-0.3, -0.25) is 19.7 Å². The number of hydrogen-bond acceptors (Lipinski definition) is 5. The monoisotopic (exact) mass is 314 g/mol. The number of hydrogen-bond donors (Lipinski definition) is 0. The van der Waals surface area contributed by atoms with Gasteiger partial charge in [-0.25, -0.2) is 0 Å². The van der Waals surface area contributed by atoms with Crippen molar-refractivity contribution >= 4 is 29.2 Å². The van der Waals surface area contributed by atoms with Crippen molar-refractivity contribution < 1.29 is 19.2 Å². The lowest BCUT2D eigenvalue weighted by Gasteiger charge is -2.20. The summed E-state index contributed by atoms with van der Waals surface area (Å²) in [5, 5.41) is 11.0. The lowest BCUT2D eigenvalue weighted by molar-refractivity contribution is -0.385. The molecule has 1 rings (SSSR count). The van der Waals surface area contributed by atoms with E-state index in [1.165, 1.54) is 18.2 Å². The van der Waals surface area contributed by atoms with Gasteiger partial charge in [0.15, 0.2) is 0 Å². The van der Waals surface area contributed by atoms with Gasteiger partial charge in [-0.2, -0.15) is 0 Å². The highest BCUT2D eigenvalue weighted by Crippen LogP contribution is 2.27. The molecular weight excluding hydrogens is 300 g/mol. The van der Waals surface area contributed by atoms with E-state index in [0.29, 0.717) is 0 Å². The Hall–Kier alpha value is -2.15. The molecule has 0 aliphatic heterocycles. The van der Waals surface area contributed by atoms with E-state index < -0.39 is 22.5 Å². The summed E-state index contributed by atoms with van der Waals surface area (Å²) in [4.78, 5) is 35.3. The number of nitrogens with zero attached hydrogens (tertiary/aromatic N) is 2. The molecule has 1 aromatic carbocycles. The maximum Gasteiger partial charge on any atom is 0.325 e. The van der Waals surface area contributed by atoms with Crippen molar-refractivity contribution in [2.45, 2.75) is 13.8 Å². The van der Waals surface area contributed by atoms with E-state index in [-0.39, 0.29) is 30.3 Å². The first kappa shape index (κ1) is 16.9. The quantitative estimate of drug-likeness (QED) is 0.456. The molecule has 114 valence electrons. The SMILES string of the molecule is CCOC(=O)CN(CC)C(=O)c1c(Cl)cccc1[N+](=O)[O-]. The van der Waals surface area contributed by atoms with E-state index in [4.69, 9.17) is 16.3 Å². The summed E-state index contributed by atoms with van der Waals surface area (Å²) in [7, 11) is 0. The minimum Gasteiger partial charge on any atom is -0.465 e. The van der Waals surface area contributed by atoms with Crippen LogP contribution in [0.5, 0.6) is 0 Å². The van der Waals surface area contributed by atoms with Crippen molar-refractivity contribution in [2.24, 2.45) is 0 Å². The number of likely N-dealkylation sites (N-methyl/N-ethyl adjacent to an activating group) is 1. The predicted octanol–water partition coefficient (Wildman–Crippen LogP) is 2.27. The smallest absolute Gasteiger partial charge is 0.325 e. The molecule has 0 aromatic heterocycles. The first-order valence-corrected chi connectivity index (χ1v) is 6.67. The molecule has 1 aromatic rings. The summed E-state index contributed by atoms with van der Waals surface area (Å²) in [5.41, 5.74) is -0.620. The third-order valence-corrected chi connectivity index (χ3v) is 3.01. The predicted molar refractivity (Wildman–Crippen MR) is 76.3 cm³/mol. The van der Waals surface area contributed by atoms with Gasteiger partial charge in [0.1, 0.15) is 12.1 Å². The van der Waals surface area contributed by atoms with Gasteiger partial charge in [0.05, 0.1) is 16.6 Å². The molecule has 21 heavy (non-hydrogen) atoms. The van der Waals surface area contributed by atoms with Crippen molar-refractivity contribution in [3.8, 4) is 0 Å². The van der Waals surface area contributed by atoms with Crippen LogP contribution in [0, 0.1) is 10.1 Å². The summed E-state index contributed by atoms with van der Waals surface area (Å²) in [5.74, 6) is -1.26. The van der Waals surface area contributed by atoms with Crippen LogP contribution in [-0.2, 0) is 9.53 Å². The highest BCUT2D eigenvalue weighted by atomic mass is 35.5. The number of nitro groups is 1. The first-order valence-electron chi connectivity index (χ1n) is 6.30. The fourth-order valence-corrected chi connectivity index (χ4v) is 1.97. The summed E-state index contributed by atoms with van der Waals surface area (Å²) in [6, 6.07) is 3.97. The zero-order chi connectivity index (χ0) is 16.0. The highest BCUT2D eigenvalue weighted by molar-refractivity contribution is 6.34. The average Bonchev–Trinajstić information content (AvgIpc) is 2.44. The molecule has 0 unspecified atom stereocenters. The number of amides is 1. The van der Waals surface area contributed by atoms with E-state index >= 15 is 0 Å². The number of benzene rings is 1. The Morgan fingerprint density at radius 3 is 2.57 bits per heavy atom. The van der Waals surface area contributed by atoms with Gasteiger partial charge in [0, 0.05) is 12.6 Å². The van der Waals surface area contributed by atoms with Crippen LogP contribution in [0.25, 0.3) is 0 Å². The number of nitro benzene ring substituents is 1. The Balaban J connectivity index is 3.11. The highest BCUT2D eigenvalue weighted by Gasteiger charge is 2.28. The average molecular weight is 315 g/mol. The standard InChI is InChI=1S/C13H15ClN2O5/c1-3-15(8-11(17)21-4-2)13(18)12-9(14)6-5-7-10(12)16(19)20/h5-7H,3-4,8H2,1-2H3. The number of halogens is 1. The van der Waals surface area contributed by atoms with Crippen LogP contribution in [0.3, 0.4) is 0 Å². The van der Waals surface area contributed by atoms with Crippen molar-refractivity contribution in [3.05, 3.63) is 38.9 Å². The summed E-state index contributed by atoms with van der Waals surface area (Å²) in [6.07, 6.45) is 0. The Morgan fingerprint density at radius 2 is 2.05 bits per heavy atom. The van der Waals surface area contributed by atoms with E-state index in [1.807, 2.05) is 0 Å². The van der Waals surface area contributed by atoms with Gasteiger partial charge in [-0.15, -0.1) is 0 Å². The molecule has 0 N–H and O–H groups in total. The van der Waals surface area contributed by atoms with Gasteiger partial charge in [-0.1, -0.05) is 17.7 Å². The minimum absolute atomic E-state index is 0.0310. The number of esters is 1. The Morgan fingerprint density at radius 1 is 1.38 bits per heavy atom. The number of rotatable bonds is 6. The second kappa shape index (κ2) is 7.58. The molecule has 1 amide bonds. The Labute approximate surface area is 126 Å². The van der Waals surface area contributed by atoms with Crippen LogP contribution in [-0.4, -0.2) is 41.4 Å². The summed E-state index contributed by atoms with van der Waals surface area (Å²) < 4.78 is 4.77. The fraction of sp³-hybridized carbons (Fsp3) is 0.385. The molecule has 0 saturated carbocycles. The zero-order valence-electron chi connectivity index (χ0n) is 11.7. The van der Waals surface area contributed by atoms with Crippen LogP contribution in [0.1, 0.15) is 24.2 Å². The maximum atomic E-state index is 12.4. The summed E-state index contributed by atoms with van der Waals surface area (Å²) in [6.45, 7) is 3.40. The van der Waals surface area contributed by atoms with E-state index in [0.717, 1.165) is 4.90 Å². The zero-order valence-corrected chi connectivity index (χ0v) is 12.4. The van der Waals surface area contributed by atoms with Crippen molar-refractivity contribution in [2.75, 3.05) is 19.7 Å². The lowest BCUT2D eigenvalue weighted by atomic mass is 10.1. The van der Waals surface area contributed by atoms with Crippen LogP contribution in [0.2, 0.25) is 5.02 Å². The maximum absolute atomic E-state index is 12.4. The van der Waals surface area contributed by atoms with Crippen molar-refractivity contribution in [1.82, 2.24) is 4.90 Å². The van der Waals surface area contributed by atoms with E-state index in [1.54, 1.807) is 13.8 Å². The molecular formula is C13H15ClN2O5. The van der Waals surface area contributed by atoms with Crippen molar-refractivity contribution in [1.29, 1.82) is 0 Å². The molecule has 0 bridgehead atoms. The van der Waals surface area contributed by atoms with Crippen LogP contribution < -0.4 is 0 Å². The van der Waals surface area contributed by atoms with Gasteiger partial charge >= 0.3 is 5.97 Å². The van der Waals surface area contributed by atoms with Crippen LogP contribution >= 0.6 is 11.6 Å². The molecule has 0 fully saturated rings. The lowest BCUT2D eigenvalue weighted by Crippen LogP contribution is -2.36. The Kier molecular flexibility index (Phi) is 6.10. The largest absolute Gasteiger partial charge is 0.465 e. The second-order valence-electron chi connectivity index (χ2n) is 4.02. The van der Waals surface area contributed by atoms with Crippen LogP contribution in [0.4, 0.5) is 5.69 Å². The molecule has 0 radical (unpaired) electrons. The van der Waals surface area contributed by atoms with Gasteiger partial charge in [0.25, 0.3) is 11.6 Å². The third-order valence-electron chi connectivity index (χ3n) is 2.70. The Bertz CT molecular complexity index is 561. The molecule has 0 atom stereocenters. The summed E-state index contributed by atoms with van der Waals surface area (Å²) >= 11 is 5.90. The normalized spacial score (nSPS) is 10.0. The second-order valence-corrected chi connectivity index (χ2v) is 4.42. The molecule has 0 spiro atoms.